The zero-order chi connectivity index (χ0) is 25.9. The Labute approximate surface area is 209 Å². The summed E-state index contributed by atoms with van der Waals surface area (Å²) < 4.78 is 40.4. The van der Waals surface area contributed by atoms with Crippen LogP contribution in [-0.2, 0) is 17.4 Å². The van der Waals surface area contributed by atoms with E-state index in [1.165, 1.54) is 18.2 Å². The maximum Gasteiger partial charge on any atom is 0.416 e. The normalized spacial score (nSPS) is 11.4. The number of rotatable bonds is 7. The van der Waals surface area contributed by atoms with Crippen LogP contribution in [0, 0.1) is 0 Å². The molecule has 0 saturated carbocycles. The minimum atomic E-state index is -4.53. The van der Waals surface area contributed by atoms with Crippen molar-refractivity contribution in [3.8, 4) is 5.69 Å². The summed E-state index contributed by atoms with van der Waals surface area (Å²) in [4.78, 5) is 40.3. The second-order valence-corrected chi connectivity index (χ2v) is 8.79. The van der Waals surface area contributed by atoms with Crippen molar-refractivity contribution in [1.82, 2.24) is 24.7 Å². The number of aromatic amines is 2. The first-order valence-electron chi connectivity index (χ1n) is 10.2. The molecule has 14 heteroatoms. The highest BCUT2D eigenvalue weighted by Gasteiger charge is 2.30. The lowest BCUT2D eigenvalue weighted by Crippen LogP contribution is -2.23. The maximum atomic E-state index is 12.9. The number of carbonyl (C=O) groups is 1. The molecule has 2 heterocycles. The fourth-order valence-electron chi connectivity index (χ4n) is 3.24. The van der Waals surface area contributed by atoms with E-state index in [0.717, 1.165) is 23.9 Å². The minimum Gasteiger partial charge on any atom is -0.325 e. The molecule has 186 valence electrons. The Hall–Kier alpha value is -3.84. The average molecular weight is 537 g/mol. The van der Waals surface area contributed by atoms with E-state index in [-0.39, 0.29) is 17.9 Å². The van der Waals surface area contributed by atoms with Crippen molar-refractivity contribution in [1.29, 1.82) is 0 Å². The van der Waals surface area contributed by atoms with Gasteiger partial charge in [0.25, 0.3) is 5.56 Å². The van der Waals surface area contributed by atoms with Crippen LogP contribution in [0.3, 0.4) is 0 Å². The standard InChI is InChI=1S/C22H16ClF3N6O3S/c23-13-4-6-16(7-5-13)32-17(9-15-10-18(33)29-20(35)28-15)30-31-21(32)36-11-19(34)27-14-3-1-2-12(8-14)22(24,25)26/h1-8,10H,9,11H2,(H,27,34)(H2,28,29,33,35). The predicted molar refractivity (Wildman–Crippen MR) is 128 cm³/mol. The summed E-state index contributed by atoms with van der Waals surface area (Å²) in [6.45, 7) is 0. The Morgan fingerprint density at radius 3 is 2.50 bits per heavy atom. The van der Waals surface area contributed by atoms with E-state index in [9.17, 15) is 27.6 Å². The first-order valence-corrected chi connectivity index (χ1v) is 11.6. The van der Waals surface area contributed by atoms with Crippen molar-refractivity contribution in [3.05, 3.63) is 97.5 Å². The summed E-state index contributed by atoms with van der Waals surface area (Å²) in [6, 6.07) is 12.2. The van der Waals surface area contributed by atoms with Crippen LogP contribution >= 0.6 is 23.4 Å². The van der Waals surface area contributed by atoms with E-state index in [2.05, 4.69) is 25.5 Å². The van der Waals surface area contributed by atoms with Gasteiger partial charge in [0.2, 0.25) is 5.91 Å². The molecule has 0 atom stereocenters. The molecule has 0 fully saturated rings. The molecule has 9 nitrogen and oxygen atoms in total. The van der Waals surface area contributed by atoms with Crippen LogP contribution in [0.15, 0.2) is 69.3 Å². The highest BCUT2D eigenvalue weighted by molar-refractivity contribution is 7.99. The third-order valence-electron chi connectivity index (χ3n) is 4.76. The van der Waals surface area contributed by atoms with Gasteiger partial charge in [-0.3, -0.25) is 19.1 Å². The average Bonchev–Trinajstić information content (AvgIpc) is 3.19. The number of halogens is 4. The zero-order valence-electron chi connectivity index (χ0n) is 18.1. The molecule has 0 aliphatic carbocycles. The Kier molecular flexibility index (Phi) is 7.31. The molecule has 3 N–H and O–H groups in total. The second kappa shape index (κ2) is 10.4. The number of alkyl halides is 3. The summed E-state index contributed by atoms with van der Waals surface area (Å²) in [5, 5.41) is 11.5. The molecule has 2 aromatic heterocycles. The van der Waals surface area contributed by atoms with Crippen molar-refractivity contribution in [2.75, 3.05) is 11.1 Å². The van der Waals surface area contributed by atoms with E-state index in [1.54, 1.807) is 28.8 Å². The van der Waals surface area contributed by atoms with Crippen LogP contribution in [0.4, 0.5) is 18.9 Å². The summed E-state index contributed by atoms with van der Waals surface area (Å²) in [5.41, 5.74) is -1.22. The van der Waals surface area contributed by atoms with E-state index in [4.69, 9.17) is 11.6 Å². The molecule has 0 spiro atoms. The number of nitrogens with zero attached hydrogens (tertiary/aromatic N) is 3. The Morgan fingerprint density at radius 2 is 1.81 bits per heavy atom. The van der Waals surface area contributed by atoms with Crippen LogP contribution in [0.25, 0.3) is 5.69 Å². The number of aromatic nitrogens is 5. The first-order chi connectivity index (χ1) is 17.1. The van der Waals surface area contributed by atoms with Gasteiger partial charge >= 0.3 is 11.9 Å². The second-order valence-electron chi connectivity index (χ2n) is 7.42. The fraction of sp³-hybridized carbons (Fsp3) is 0.136. The molecule has 0 radical (unpaired) electrons. The number of hydrogen-bond donors (Lipinski definition) is 3. The van der Waals surface area contributed by atoms with Crippen LogP contribution in [-0.4, -0.2) is 36.4 Å². The number of carbonyl (C=O) groups excluding carboxylic acids is 1. The van der Waals surface area contributed by atoms with Crippen molar-refractivity contribution < 1.29 is 18.0 Å². The van der Waals surface area contributed by atoms with Gasteiger partial charge in [0, 0.05) is 34.6 Å². The maximum absolute atomic E-state index is 12.9. The van der Waals surface area contributed by atoms with Gasteiger partial charge < -0.3 is 10.3 Å². The van der Waals surface area contributed by atoms with Gasteiger partial charge in [-0.05, 0) is 42.5 Å². The molecule has 2 aromatic carbocycles. The first kappa shape index (κ1) is 25.3. The van der Waals surface area contributed by atoms with E-state index in [0.29, 0.717) is 27.4 Å². The lowest BCUT2D eigenvalue weighted by atomic mass is 10.2. The third-order valence-corrected chi connectivity index (χ3v) is 5.94. The molecular formula is C22H16ClF3N6O3S. The molecule has 0 saturated heterocycles. The van der Waals surface area contributed by atoms with E-state index < -0.39 is 28.9 Å². The van der Waals surface area contributed by atoms with Gasteiger partial charge in [0.05, 0.1) is 11.3 Å². The van der Waals surface area contributed by atoms with Crippen molar-refractivity contribution >= 4 is 35.0 Å². The van der Waals surface area contributed by atoms with Crippen LogP contribution in [0.5, 0.6) is 0 Å². The summed E-state index contributed by atoms with van der Waals surface area (Å²) in [5.74, 6) is -0.367. The number of H-pyrrole nitrogens is 2. The number of anilines is 1. The van der Waals surface area contributed by atoms with Crippen LogP contribution in [0.1, 0.15) is 17.1 Å². The topological polar surface area (TPSA) is 126 Å². The quantitative estimate of drug-likeness (QED) is 0.310. The SMILES string of the molecule is O=C(CSc1nnc(Cc2cc(=O)[nH]c(=O)[nH]2)n1-c1ccc(Cl)cc1)Nc1cccc(C(F)(F)F)c1. The van der Waals surface area contributed by atoms with Gasteiger partial charge in [-0.15, -0.1) is 10.2 Å². The minimum absolute atomic E-state index is 0.00790. The van der Waals surface area contributed by atoms with Gasteiger partial charge in [0.1, 0.15) is 5.82 Å². The van der Waals surface area contributed by atoms with Crippen LogP contribution < -0.4 is 16.6 Å². The van der Waals surface area contributed by atoms with E-state index in [1.807, 2.05) is 0 Å². The van der Waals surface area contributed by atoms with Gasteiger partial charge in [-0.25, -0.2) is 4.79 Å². The molecule has 1 amide bonds. The lowest BCUT2D eigenvalue weighted by molar-refractivity contribution is -0.137. The van der Waals surface area contributed by atoms with Crippen molar-refractivity contribution in [2.24, 2.45) is 0 Å². The molecule has 0 aliphatic heterocycles. The van der Waals surface area contributed by atoms with Crippen LogP contribution in [0.2, 0.25) is 5.02 Å². The molecule has 4 aromatic rings. The number of nitrogens with one attached hydrogen (secondary N) is 3. The Balaban J connectivity index is 1.56. The number of hydrogen-bond acceptors (Lipinski definition) is 6. The van der Waals surface area contributed by atoms with E-state index >= 15 is 0 Å². The summed E-state index contributed by atoms with van der Waals surface area (Å²) >= 11 is 6.99. The predicted octanol–water partition coefficient (Wildman–Crippen LogP) is 3.64. The van der Waals surface area contributed by atoms with Gasteiger partial charge in [0.15, 0.2) is 5.16 Å². The molecule has 0 unspecified atom stereocenters. The summed E-state index contributed by atoms with van der Waals surface area (Å²) in [6.07, 6.45) is -4.49. The monoisotopic (exact) mass is 536 g/mol. The molecule has 0 aliphatic rings. The summed E-state index contributed by atoms with van der Waals surface area (Å²) in [7, 11) is 0. The highest BCUT2D eigenvalue weighted by Crippen LogP contribution is 2.31. The van der Waals surface area contributed by atoms with Crippen molar-refractivity contribution in [2.45, 2.75) is 17.8 Å². The Bertz CT molecular complexity index is 1490. The molecule has 36 heavy (non-hydrogen) atoms. The van der Waals surface area contributed by atoms with Gasteiger partial charge in [-0.2, -0.15) is 13.2 Å². The van der Waals surface area contributed by atoms with Gasteiger partial charge in [-0.1, -0.05) is 29.4 Å². The number of amides is 1. The lowest BCUT2D eigenvalue weighted by Gasteiger charge is -2.11. The number of benzene rings is 2. The molecular weight excluding hydrogens is 521 g/mol. The fourth-order valence-corrected chi connectivity index (χ4v) is 4.14. The number of thioether (sulfide) groups is 1. The Morgan fingerprint density at radius 1 is 1.06 bits per heavy atom. The largest absolute Gasteiger partial charge is 0.416 e. The zero-order valence-corrected chi connectivity index (χ0v) is 19.7. The third kappa shape index (κ3) is 6.23. The smallest absolute Gasteiger partial charge is 0.325 e. The molecule has 4 rings (SSSR count). The van der Waals surface area contributed by atoms with Crippen molar-refractivity contribution in [3.63, 3.8) is 0 Å². The highest BCUT2D eigenvalue weighted by atomic mass is 35.5. The molecule has 0 bridgehead atoms.